The van der Waals surface area contributed by atoms with Gasteiger partial charge in [0.25, 0.3) is 5.91 Å². The highest BCUT2D eigenvalue weighted by Gasteiger charge is 2.25. The molecule has 1 aliphatic rings. The fourth-order valence-corrected chi connectivity index (χ4v) is 4.70. The van der Waals surface area contributed by atoms with Gasteiger partial charge in [-0.25, -0.2) is 13.2 Å². The van der Waals surface area contributed by atoms with E-state index in [1.54, 1.807) is 13.0 Å². The largest absolute Gasteiger partial charge is 0.507 e. The van der Waals surface area contributed by atoms with Crippen molar-refractivity contribution in [2.75, 3.05) is 25.0 Å². The van der Waals surface area contributed by atoms with Crippen molar-refractivity contribution in [3.8, 4) is 5.75 Å². The van der Waals surface area contributed by atoms with Gasteiger partial charge in [0.15, 0.2) is 6.61 Å². The van der Waals surface area contributed by atoms with E-state index in [-0.39, 0.29) is 16.2 Å². The first-order chi connectivity index (χ1) is 14.3. The number of carbonyl (C=O) groups excluding carboxylic acids is 2. The minimum Gasteiger partial charge on any atom is -0.507 e. The number of nitrogens with zero attached hydrogens (tertiary/aromatic N) is 1. The number of hydrogen-bond donors (Lipinski definition) is 2. The number of amides is 1. The molecule has 2 N–H and O–H groups in total. The summed E-state index contributed by atoms with van der Waals surface area (Å²) in [6.07, 6.45) is 2.74. The van der Waals surface area contributed by atoms with E-state index in [4.69, 9.17) is 4.74 Å². The molecule has 0 aromatic heterocycles. The number of anilines is 1. The van der Waals surface area contributed by atoms with E-state index in [9.17, 15) is 23.1 Å². The molecule has 0 aliphatic carbocycles. The number of ether oxygens (including phenoxy) is 1. The molecule has 1 amide bonds. The van der Waals surface area contributed by atoms with Crippen LogP contribution in [-0.4, -0.2) is 49.4 Å². The molecule has 0 atom stereocenters. The molecule has 1 fully saturated rings. The molecule has 0 unspecified atom stereocenters. The van der Waals surface area contributed by atoms with Gasteiger partial charge in [-0.2, -0.15) is 4.31 Å². The van der Waals surface area contributed by atoms with E-state index in [0.29, 0.717) is 18.8 Å². The quantitative estimate of drug-likeness (QED) is 0.679. The third-order valence-electron chi connectivity index (χ3n) is 4.80. The Bertz CT molecular complexity index is 1030. The normalized spacial score (nSPS) is 14.8. The maximum atomic E-state index is 12.6. The number of hydrogen-bond acceptors (Lipinski definition) is 6. The highest BCUT2D eigenvalue weighted by molar-refractivity contribution is 7.89. The topological polar surface area (TPSA) is 113 Å². The number of nitrogens with one attached hydrogen (secondary N) is 1. The molecule has 1 heterocycles. The smallest absolute Gasteiger partial charge is 0.342 e. The molecular weight excluding hydrogens is 408 g/mol. The van der Waals surface area contributed by atoms with Crippen molar-refractivity contribution in [1.82, 2.24) is 4.31 Å². The Hall–Kier alpha value is -2.91. The van der Waals surface area contributed by atoms with Gasteiger partial charge >= 0.3 is 5.97 Å². The molecule has 2 aromatic carbocycles. The van der Waals surface area contributed by atoms with Crippen molar-refractivity contribution >= 4 is 27.6 Å². The van der Waals surface area contributed by atoms with Gasteiger partial charge < -0.3 is 15.2 Å². The average Bonchev–Trinajstić information content (AvgIpc) is 2.73. The van der Waals surface area contributed by atoms with Crippen molar-refractivity contribution < 1.29 is 27.9 Å². The third-order valence-corrected chi connectivity index (χ3v) is 6.71. The molecule has 0 saturated carbocycles. The summed E-state index contributed by atoms with van der Waals surface area (Å²) in [6.45, 7) is 2.26. The lowest BCUT2D eigenvalue weighted by atomic mass is 10.1. The second-order valence-corrected chi connectivity index (χ2v) is 9.07. The van der Waals surface area contributed by atoms with Crippen LogP contribution in [-0.2, 0) is 19.6 Å². The second kappa shape index (κ2) is 9.27. The lowest BCUT2D eigenvalue weighted by molar-refractivity contribution is -0.119. The van der Waals surface area contributed by atoms with Gasteiger partial charge in [-0.05, 0) is 61.7 Å². The Morgan fingerprint density at radius 2 is 1.73 bits per heavy atom. The Kier molecular flexibility index (Phi) is 6.73. The van der Waals surface area contributed by atoms with Gasteiger partial charge in [0.05, 0.1) is 4.90 Å². The SMILES string of the molecule is Cc1ccc(C(=O)OCC(=O)Nc2ccc(S(=O)(=O)N3CCCCC3)cc2)c(O)c1. The van der Waals surface area contributed by atoms with Gasteiger partial charge in [0, 0.05) is 18.8 Å². The van der Waals surface area contributed by atoms with Crippen LogP contribution in [0.2, 0.25) is 0 Å². The maximum absolute atomic E-state index is 12.6. The van der Waals surface area contributed by atoms with Crippen LogP contribution in [0.5, 0.6) is 5.75 Å². The summed E-state index contributed by atoms with van der Waals surface area (Å²) in [5.41, 5.74) is 1.14. The predicted molar refractivity (Wildman–Crippen MR) is 111 cm³/mol. The van der Waals surface area contributed by atoms with Crippen LogP contribution >= 0.6 is 0 Å². The number of carbonyl (C=O) groups is 2. The summed E-state index contributed by atoms with van der Waals surface area (Å²) < 4.78 is 31.7. The molecule has 30 heavy (non-hydrogen) atoms. The molecule has 1 saturated heterocycles. The van der Waals surface area contributed by atoms with Crippen molar-refractivity contribution in [3.63, 3.8) is 0 Å². The zero-order chi connectivity index (χ0) is 21.7. The highest BCUT2D eigenvalue weighted by atomic mass is 32.2. The zero-order valence-electron chi connectivity index (χ0n) is 16.6. The van der Waals surface area contributed by atoms with E-state index >= 15 is 0 Å². The monoisotopic (exact) mass is 432 g/mol. The first kappa shape index (κ1) is 21.8. The molecule has 3 rings (SSSR count). The molecule has 1 aliphatic heterocycles. The van der Waals surface area contributed by atoms with E-state index in [2.05, 4.69) is 5.32 Å². The lowest BCUT2D eigenvalue weighted by Gasteiger charge is -2.25. The summed E-state index contributed by atoms with van der Waals surface area (Å²) in [5, 5.41) is 12.3. The first-order valence-corrected chi connectivity index (χ1v) is 11.1. The van der Waals surface area contributed by atoms with Crippen LogP contribution in [0.4, 0.5) is 5.69 Å². The first-order valence-electron chi connectivity index (χ1n) is 9.64. The average molecular weight is 432 g/mol. The number of phenols is 1. The number of esters is 1. The molecule has 8 nitrogen and oxygen atoms in total. The Labute approximate surface area is 175 Å². The molecular formula is C21H24N2O6S. The summed E-state index contributed by atoms with van der Waals surface area (Å²) in [6, 6.07) is 10.4. The number of aromatic hydroxyl groups is 1. The summed E-state index contributed by atoms with van der Waals surface area (Å²) in [5.74, 6) is -1.61. The van der Waals surface area contributed by atoms with Crippen LogP contribution in [0.15, 0.2) is 47.4 Å². The summed E-state index contributed by atoms with van der Waals surface area (Å²) >= 11 is 0. The number of rotatable bonds is 6. The zero-order valence-corrected chi connectivity index (χ0v) is 17.4. The van der Waals surface area contributed by atoms with Gasteiger partial charge in [-0.15, -0.1) is 0 Å². The number of phenolic OH excluding ortho intramolecular Hbond substituents is 1. The van der Waals surface area contributed by atoms with E-state index < -0.39 is 28.5 Å². The van der Waals surface area contributed by atoms with Crippen LogP contribution < -0.4 is 5.32 Å². The fraction of sp³-hybridized carbons (Fsp3) is 0.333. The minimum absolute atomic E-state index is 0.0272. The lowest BCUT2D eigenvalue weighted by Crippen LogP contribution is -2.35. The Morgan fingerprint density at radius 1 is 1.07 bits per heavy atom. The molecule has 0 radical (unpaired) electrons. The van der Waals surface area contributed by atoms with Crippen molar-refractivity contribution in [1.29, 1.82) is 0 Å². The van der Waals surface area contributed by atoms with Crippen molar-refractivity contribution in [2.45, 2.75) is 31.1 Å². The third kappa shape index (κ3) is 5.17. The predicted octanol–water partition coefficient (Wildman–Crippen LogP) is 2.67. The molecule has 0 spiro atoms. The minimum atomic E-state index is -3.54. The number of aryl methyl sites for hydroxylation is 1. The van der Waals surface area contributed by atoms with E-state index in [1.807, 2.05) is 0 Å². The molecule has 0 bridgehead atoms. The number of benzene rings is 2. The van der Waals surface area contributed by atoms with Crippen molar-refractivity contribution in [3.05, 3.63) is 53.6 Å². The molecule has 160 valence electrons. The van der Waals surface area contributed by atoms with E-state index in [0.717, 1.165) is 24.8 Å². The number of sulfonamides is 1. The Balaban J connectivity index is 1.56. The van der Waals surface area contributed by atoms with Gasteiger partial charge in [-0.3, -0.25) is 4.79 Å². The van der Waals surface area contributed by atoms with Gasteiger partial charge in [0.2, 0.25) is 10.0 Å². The van der Waals surface area contributed by atoms with Crippen molar-refractivity contribution in [2.24, 2.45) is 0 Å². The molecule has 2 aromatic rings. The van der Waals surface area contributed by atoms with E-state index in [1.165, 1.54) is 40.7 Å². The van der Waals surface area contributed by atoms with Gasteiger partial charge in [0.1, 0.15) is 11.3 Å². The van der Waals surface area contributed by atoms with Crippen LogP contribution in [0.1, 0.15) is 35.2 Å². The number of piperidine rings is 1. The standard InChI is InChI=1S/C21H24N2O6S/c1-15-5-10-18(19(24)13-15)21(26)29-14-20(25)22-16-6-8-17(9-7-16)30(27,28)23-11-3-2-4-12-23/h5-10,13,24H,2-4,11-12,14H2,1H3,(H,22,25). The van der Waals surface area contributed by atoms with Crippen LogP contribution in [0.25, 0.3) is 0 Å². The summed E-state index contributed by atoms with van der Waals surface area (Å²) in [4.78, 5) is 24.2. The molecule has 9 heteroatoms. The summed E-state index contributed by atoms with van der Waals surface area (Å²) in [7, 11) is -3.54. The maximum Gasteiger partial charge on any atom is 0.342 e. The van der Waals surface area contributed by atoms with Crippen LogP contribution in [0.3, 0.4) is 0 Å². The highest BCUT2D eigenvalue weighted by Crippen LogP contribution is 2.22. The van der Waals surface area contributed by atoms with Gasteiger partial charge in [-0.1, -0.05) is 12.5 Å². The van der Waals surface area contributed by atoms with Crippen LogP contribution in [0, 0.1) is 6.92 Å². The fourth-order valence-electron chi connectivity index (χ4n) is 3.18. The second-order valence-electron chi connectivity index (χ2n) is 7.13. The Morgan fingerprint density at radius 3 is 2.37 bits per heavy atom.